The molecule has 0 saturated carbocycles. The predicted octanol–water partition coefficient (Wildman–Crippen LogP) is 5.89. The molecule has 1 unspecified atom stereocenters. The predicted molar refractivity (Wildman–Crippen MR) is 88.9 cm³/mol. The second-order valence-electron chi connectivity index (χ2n) is 3.41. The third-order valence-corrected chi connectivity index (χ3v) is 3.36. The molecule has 0 aliphatic carbocycles. The molecule has 18 heavy (non-hydrogen) atoms. The van der Waals surface area contributed by atoms with Crippen molar-refractivity contribution in [2.75, 3.05) is 7.05 Å². The van der Waals surface area contributed by atoms with Gasteiger partial charge in [0, 0.05) is 12.3 Å². The van der Waals surface area contributed by atoms with Gasteiger partial charge in [-0.15, -0.1) is 11.8 Å². The van der Waals surface area contributed by atoms with Crippen molar-refractivity contribution in [3.63, 3.8) is 0 Å². The van der Waals surface area contributed by atoms with E-state index in [9.17, 15) is 0 Å². The molecule has 1 aromatic carbocycles. The van der Waals surface area contributed by atoms with Crippen LogP contribution in [0.15, 0.2) is 29.3 Å². The lowest BCUT2D eigenvalue weighted by Crippen LogP contribution is -1.92. The normalized spacial score (nSPS) is 11.7. The Morgan fingerprint density at radius 1 is 1.06 bits per heavy atom. The monoisotopic (exact) mass is 267 g/mol. The molecule has 0 aliphatic heterocycles. The van der Waals surface area contributed by atoms with E-state index in [2.05, 4.69) is 50.0 Å². The van der Waals surface area contributed by atoms with Crippen LogP contribution in [0.5, 0.6) is 0 Å². The number of aliphatic imine (C=N–C) groups is 1. The van der Waals surface area contributed by atoms with Crippen LogP contribution in [0.3, 0.4) is 0 Å². The first-order valence-corrected chi connectivity index (χ1v) is 7.68. The average Bonchev–Trinajstić information content (AvgIpc) is 2.43. The van der Waals surface area contributed by atoms with Crippen LogP contribution in [0.4, 0.5) is 0 Å². The number of nitrogens with zero attached hydrogens (tertiary/aromatic N) is 1. The molecular weight excluding hydrogens is 238 g/mol. The van der Waals surface area contributed by atoms with Gasteiger partial charge in [0.05, 0.1) is 5.04 Å². The van der Waals surface area contributed by atoms with Crippen LogP contribution in [0.25, 0.3) is 0 Å². The molecule has 0 aliphatic rings. The first-order chi connectivity index (χ1) is 8.63. The van der Waals surface area contributed by atoms with Gasteiger partial charge in [-0.2, -0.15) is 0 Å². The zero-order chi connectivity index (χ0) is 14.6. The van der Waals surface area contributed by atoms with Crippen molar-refractivity contribution in [2.45, 2.75) is 53.7 Å². The second kappa shape index (κ2) is 12.7. The summed E-state index contributed by atoms with van der Waals surface area (Å²) in [7, 11) is 1.84. The van der Waals surface area contributed by atoms with Crippen molar-refractivity contribution < 1.29 is 0 Å². The summed E-state index contributed by atoms with van der Waals surface area (Å²) in [5.74, 6) is 0. The van der Waals surface area contributed by atoms with Crippen molar-refractivity contribution >= 4 is 16.8 Å². The summed E-state index contributed by atoms with van der Waals surface area (Å²) in [5, 5.41) is 1.62. The van der Waals surface area contributed by atoms with E-state index in [-0.39, 0.29) is 0 Å². The number of hydrogen-bond acceptors (Lipinski definition) is 2. The molecule has 0 bridgehead atoms. The lowest BCUT2D eigenvalue weighted by molar-refractivity contribution is 1.10. The maximum atomic E-state index is 4.15. The summed E-state index contributed by atoms with van der Waals surface area (Å²) in [6.07, 6.45) is 0. The molecule has 104 valence electrons. The fourth-order valence-corrected chi connectivity index (χ4v) is 2.12. The highest BCUT2D eigenvalue weighted by atomic mass is 32.2. The smallest absolute Gasteiger partial charge is 0.0647 e. The minimum Gasteiger partial charge on any atom is -0.287 e. The molecule has 1 aromatic rings. The highest BCUT2D eigenvalue weighted by molar-refractivity contribution is 8.14. The second-order valence-corrected chi connectivity index (χ2v) is 4.95. The van der Waals surface area contributed by atoms with E-state index >= 15 is 0 Å². The molecule has 1 nitrogen and oxygen atoms in total. The molecule has 1 rings (SSSR count). The van der Waals surface area contributed by atoms with Crippen LogP contribution in [-0.2, 0) is 0 Å². The first kappa shape index (κ1) is 19.6. The van der Waals surface area contributed by atoms with Gasteiger partial charge in [-0.25, -0.2) is 0 Å². The van der Waals surface area contributed by atoms with Crippen molar-refractivity contribution in [1.29, 1.82) is 0 Å². The average molecular weight is 267 g/mol. The highest BCUT2D eigenvalue weighted by Crippen LogP contribution is 2.28. The number of thioether (sulfide) groups is 1. The van der Waals surface area contributed by atoms with E-state index in [1.165, 1.54) is 11.1 Å². The standard InChI is InChI=1S/C12H17NS.2C2H6/c1-9-5-7-12(8-6-9)10(2)14-11(3)13-4;2*1-2/h5-8,10H,1-4H3;2*1-2H3. The Kier molecular flexibility index (Phi) is 13.8. The van der Waals surface area contributed by atoms with Gasteiger partial charge >= 0.3 is 0 Å². The topological polar surface area (TPSA) is 12.4 Å². The minimum atomic E-state index is 0.485. The Morgan fingerprint density at radius 3 is 1.89 bits per heavy atom. The van der Waals surface area contributed by atoms with E-state index < -0.39 is 0 Å². The summed E-state index contributed by atoms with van der Waals surface area (Å²) in [4.78, 5) is 4.15. The third kappa shape index (κ3) is 8.35. The Hall–Kier alpha value is -0.760. The minimum absolute atomic E-state index is 0.485. The molecule has 0 spiro atoms. The number of hydrogen-bond donors (Lipinski definition) is 0. The number of benzene rings is 1. The van der Waals surface area contributed by atoms with Crippen LogP contribution < -0.4 is 0 Å². The lowest BCUT2D eigenvalue weighted by Gasteiger charge is -2.10. The number of rotatable bonds is 2. The molecule has 0 fully saturated rings. The fourth-order valence-electron chi connectivity index (χ4n) is 1.21. The van der Waals surface area contributed by atoms with Crippen LogP contribution >= 0.6 is 11.8 Å². The third-order valence-electron chi connectivity index (χ3n) is 2.21. The summed E-state index contributed by atoms with van der Waals surface area (Å²) < 4.78 is 0. The van der Waals surface area contributed by atoms with Crippen LogP contribution in [0.1, 0.15) is 57.9 Å². The van der Waals surface area contributed by atoms with Gasteiger partial charge in [-0.05, 0) is 26.3 Å². The Labute approximate surface area is 118 Å². The number of aryl methyl sites for hydroxylation is 1. The van der Waals surface area contributed by atoms with Crippen molar-refractivity contribution in [1.82, 2.24) is 0 Å². The van der Waals surface area contributed by atoms with Gasteiger partial charge in [-0.1, -0.05) is 57.5 Å². The summed E-state index contributed by atoms with van der Waals surface area (Å²) in [6.45, 7) is 14.4. The Balaban J connectivity index is 0. The van der Waals surface area contributed by atoms with E-state index in [1.807, 2.05) is 46.5 Å². The van der Waals surface area contributed by atoms with E-state index in [1.54, 1.807) is 0 Å². The van der Waals surface area contributed by atoms with Crippen LogP contribution in [0, 0.1) is 6.92 Å². The molecule has 0 saturated heterocycles. The Morgan fingerprint density at radius 2 is 1.50 bits per heavy atom. The van der Waals surface area contributed by atoms with Gasteiger partial charge in [0.2, 0.25) is 0 Å². The highest BCUT2D eigenvalue weighted by Gasteiger charge is 2.06. The maximum Gasteiger partial charge on any atom is 0.0647 e. The zero-order valence-corrected chi connectivity index (χ0v) is 14.1. The summed E-state index contributed by atoms with van der Waals surface area (Å²) in [6, 6.07) is 8.70. The Bertz CT molecular complexity index is 314. The van der Waals surface area contributed by atoms with Crippen LogP contribution in [0.2, 0.25) is 0 Å². The molecule has 0 heterocycles. The summed E-state index contributed by atoms with van der Waals surface area (Å²) in [5.41, 5.74) is 2.68. The van der Waals surface area contributed by atoms with E-state index in [4.69, 9.17) is 0 Å². The van der Waals surface area contributed by atoms with Crippen molar-refractivity contribution in [2.24, 2.45) is 4.99 Å². The van der Waals surface area contributed by atoms with Crippen LogP contribution in [-0.4, -0.2) is 12.1 Å². The SMILES string of the molecule is CC.CC.CN=C(C)SC(C)c1ccc(C)cc1. The molecule has 0 amide bonds. The molecule has 1 atom stereocenters. The quantitative estimate of drug-likeness (QED) is 0.481. The van der Waals surface area contributed by atoms with Gasteiger partial charge < -0.3 is 0 Å². The van der Waals surface area contributed by atoms with E-state index in [0.717, 1.165) is 5.04 Å². The van der Waals surface area contributed by atoms with Gasteiger partial charge in [-0.3, -0.25) is 4.99 Å². The van der Waals surface area contributed by atoms with Crippen molar-refractivity contribution in [3.05, 3.63) is 35.4 Å². The molecule has 0 aromatic heterocycles. The zero-order valence-electron chi connectivity index (χ0n) is 13.2. The largest absolute Gasteiger partial charge is 0.287 e. The lowest BCUT2D eigenvalue weighted by atomic mass is 10.1. The molecule has 0 radical (unpaired) electrons. The van der Waals surface area contributed by atoms with Gasteiger partial charge in [0.25, 0.3) is 0 Å². The first-order valence-electron chi connectivity index (χ1n) is 6.80. The van der Waals surface area contributed by atoms with Gasteiger partial charge in [0.15, 0.2) is 0 Å². The fraction of sp³-hybridized carbons (Fsp3) is 0.562. The van der Waals surface area contributed by atoms with E-state index in [0.29, 0.717) is 5.25 Å². The molecule has 2 heteroatoms. The maximum absolute atomic E-state index is 4.15. The van der Waals surface area contributed by atoms with Gasteiger partial charge in [0.1, 0.15) is 0 Å². The molecular formula is C16H29NS. The summed E-state index contributed by atoms with van der Waals surface area (Å²) >= 11 is 1.81. The molecule has 0 N–H and O–H groups in total. The van der Waals surface area contributed by atoms with Crippen molar-refractivity contribution in [3.8, 4) is 0 Å².